The van der Waals surface area contributed by atoms with E-state index in [-0.39, 0.29) is 16.0 Å². The Kier molecular flexibility index (Phi) is 13.2. The smallest absolute Gasteiger partial charge is 0.354 e. The maximum atomic E-state index is 12.6. The third-order valence-corrected chi connectivity index (χ3v) is 18.3. The van der Waals surface area contributed by atoms with Gasteiger partial charge in [-0.2, -0.15) is 0 Å². The molecule has 0 aliphatic carbocycles. The number of carbonyl (C=O) groups excluding carboxylic acids is 1. The monoisotopic (exact) mass is 605 g/mol. The third kappa shape index (κ3) is 10.3. The molecular weight excluding hydrogens is 547 g/mol. The number of para-hydroxylation sites is 1. The van der Waals surface area contributed by atoms with Crippen LogP contribution in [0.5, 0.6) is 5.75 Å². The predicted molar refractivity (Wildman–Crippen MR) is 177 cm³/mol. The van der Waals surface area contributed by atoms with Gasteiger partial charge >= 0.3 is 5.97 Å². The van der Waals surface area contributed by atoms with Crippen LogP contribution in [0.25, 0.3) is 10.9 Å². The van der Waals surface area contributed by atoms with Gasteiger partial charge in [0.05, 0.1) is 19.2 Å². The van der Waals surface area contributed by atoms with Crippen LogP contribution in [-0.4, -0.2) is 54.5 Å². The summed E-state index contributed by atoms with van der Waals surface area (Å²) < 4.78 is 23.9. The number of aromatic nitrogens is 1. The summed E-state index contributed by atoms with van der Waals surface area (Å²) in [5, 5.41) is 1.54. The fourth-order valence-electron chi connectivity index (χ4n) is 4.31. The van der Waals surface area contributed by atoms with Gasteiger partial charge in [-0.3, -0.25) is 0 Å². The number of hydrogen-bond acceptors (Lipinski definition) is 5. The number of nitrogens with one attached hydrogen (secondary N) is 1. The molecule has 8 heteroatoms. The number of ether oxygens (including phenoxy) is 2. The minimum absolute atomic E-state index is 0.242. The highest BCUT2D eigenvalue weighted by atomic mass is 28.4. The van der Waals surface area contributed by atoms with Crippen LogP contribution in [0.2, 0.25) is 36.3 Å². The number of esters is 1. The minimum atomic E-state index is -1.68. The van der Waals surface area contributed by atoms with Crippen LogP contribution in [0.1, 0.15) is 103 Å². The number of rotatable bonds is 17. The van der Waals surface area contributed by atoms with Gasteiger partial charge in [-0.15, -0.1) is 0 Å². The summed E-state index contributed by atoms with van der Waals surface area (Å²) in [5.74, 6) is 0.464. The first-order valence-electron chi connectivity index (χ1n) is 15.6. The second-order valence-corrected chi connectivity index (χ2v) is 24.1. The molecule has 6 nitrogen and oxygen atoms in total. The van der Waals surface area contributed by atoms with E-state index >= 15 is 0 Å². The molecule has 2 aromatic rings. The molecule has 0 atom stereocenters. The third-order valence-electron chi connectivity index (χ3n) is 9.20. The molecule has 0 aliphatic rings. The van der Waals surface area contributed by atoms with Gasteiger partial charge < -0.3 is 23.3 Å². The Morgan fingerprint density at radius 1 is 0.756 bits per heavy atom. The minimum Gasteiger partial charge on any atom is -0.491 e. The Hall–Kier alpha value is -1.62. The van der Waals surface area contributed by atoms with Crippen LogP contribution in [0.3, 0.4) is 0 Å². The molecule has 0 saturated carbocycles. The molecule has 2 rings (SSSR count). The molecule has 0 spiro atoms. The van der Waals surface area contributed by atoms with Gasteiger partial charge in [-0.1, -0.05) is 66.5 Å². The van der Waals surface area contributed by atoms with E-state index in [0.29, 0.717) is 12.3 Å². The number of fused-ring (bicyclic) bond motifs is 1. The first-order valence-corrected chi connectivity index (χ1v) is 21.5. The van der Waals surface area contributed by atoms with E-state index in [1.807, 2.05) is 12.1 Å². The van der Waals surface area contributed by atoms with E-state index in [4.69, 9.17) is 18.3 Å². The van der Waals surface area contributed by atoms with Crippen molar-refractivity contribution in [2.75, 3.05) is 26.9 Å². The average molecular weight is 606 g/mol. The van der Waals surface area contributed by atoms with Crippen molar-refractivity contribution in [2.45, 2.75) is 129 Å². The Morgan fingerprint density at radius 3 is 1.80 bits per heavy atom. The highest BCUT2D eigenvalue weighted by Crippen LogP contribution is 2.37. The average Bonchev–Trinajstić information content (AvgIpc) is 3.25. The molecule has 0 aliphatic heterocycles. The molecule has 1 aromatic heterocycles. The number of unbranched alkanes of at least 4 members (excludes halogenated alkanes) is 5. The number of H-pyrrole nitrogens is 1. The lowest BCUT2D eigenvalue weighted by Crippen LogP contribution is -2.40. The summed E-state index contributed by atoms with van der Waals surface area (Å²) in [6.07, 6.45) is 8.21. The first kappa shape index (κ1) is 35.6. The lowest BCUT2D eigenvalue weighted by Gasteiger charge is -2.36. The quantitative estimate of drug-likeness (QED) is 0.110. The lowest BCUT2D eigenvalue weighted by molar-refractivity contribution is 0.0594. The zero-order valence-corrected chi connectivity index (χ0v) is 30.1. The van der Waals surface area contributed by atoms with E-state index in [2.05, 4.69) is 78.8 Å². The molecule has 0 fully saturated rings. The molecule has 1 aromatic carbocycles. The highest BCUT2D eigenvalue weighted by molar-refractivity contribution is 6.74. The van der Waals surface area contributed by atoms with Gasteiger partial charge in [-0.05, 0) is 86.4 Å². The molecule has 0 amide bonds. The molecule has 0 bridgehead atoms. The van der Waals surface area contributed by atoms with Crippen LogP contribution in [0, 0.1) is 0 Å². The van der Waals surface area contributed by atoms with Crippen molar-refractivity contribution in [3.63, 3.8) is 0 Å². The van der Waals surface area contributed by atoms with Gasteiger partial charge in [0.2, 0.25) is 0 Å². The Morgan fingerprint density at radius 2 is 1.27 bits per heavy atom. The van der Waals surface area contributed by atoms with Crippen molar-refractivity contribution in [1.82, 2.24) is 4.98 Å². The molecule has 234 valence electrons. The van der Waals surface area contributed by atoms with Gasteiger partial charge in [0, 0.05) is 18.6 Å². The van der Waals surface area contributed by atoms with Crippen LogP contribution in [-0.2, 0) is 20.0 Å². The Balaban J connectivity index is 1.89. The molecule has 1 N–H and O–H groups in total. The van der Waals surface area contributed by atoms with Crippen molar-refractivity contribution < 1.29 is 23.1 Å². The lowest BCUT2D eigenvalue weighted by atomic mass is 10.0. The van der Waals surface area contributed by atoms with E-state index in [9.17, 15) is 4.79 Å². The van der Waals surface area contributed by atoms with E-state index < -0.39 is 16.6 Å². The number of carbonyl (C=O) groups is 1. The summed E-state index contributed by atoms with van der Waals surface area (Å²) in [7, 11) is -1.93. The zero-order chi connectivity index (χ0) is 30.9. The number of benzene rings is 1. The highest BCUT2D eigenvalue weighted by Gasteiger charge is 2.37. The summed E-state index contributed by atoms with van der Waals surface area (Å²) in [6, 6.07) is 6.07. The SMILES string of the molecule is COC(=O)c1[nH]c2c(OCCCCCO[Si](C)(C)C(C)(C)C)cccc2c1CCCCCCO[Si](C)(C)C(C)(C)C. The molecular formula is C33H59NO5Si2. The fourth-order valence-corrected chi connectivity index (χ4v) is 6.49. The predicted octanol–water partition coefficient (Wildman–Crippen LogP) is 9.65. The van der Waals surface area contributed by atoms with Crippen LogP contribution >= 0.6 is 0 Å². The van der Waals surface area contributed by atoms with Gasteiger partial charge in [-0.25, -0.2) is 4.79 Å². The standard InChI is InChI=1S/C33H59NO5Si2/c1-32(2,3)40(8,9)38-24-17-13-12-15-20-27-26-21-19-22-28(29(26)34-30(27)31(35)36-7)37-23-16-14-18-25-39-41(10,11)33(4,5)6/h19,21-22,34H,12-18,20,23-25H2,1-11H3. The molecule has 0 saturated heterocycles. The maximum absolute atomic E-state index is 12.6. The summed E-state index contributed by atoms with van der Waals surface area (Å²) >= 11 is 0. The van der Waals surface area contributed by atoms with Crippen molar-refractivity contribution in [2.24, 2.45) is 0 Å². The molecule has 41 heavy (non-hydrogen) atoms. The molecule has 0 radical (unpaired) electrons. The number of hydrogen-bond donors (Lipinski definition) is 1. The van der Waals surface area contributed by atoms with Crippen LogP contribution in [0.4, 0.5) is 0 Å². The summed E-state index contributed by atoms with van der Waals surface area (Å²) in [4.78, 5) is 16.0. The second kappa shape index (κ2) is 15.2. The molecule has 0 unspecified atom stereocenters. The van der Waals surface area contributed by atoms with Crippen LogP contribution < -0.4 is 4.74 Å². The van der Waals surface area contributed by atoms with Crippen molar-refractivity contribution >= 4 is 33.5 Å². The van der Waals surface area contributed by atoms with Crippen LogP contribution in [0.15, 0.2) is 18.2 Å². The normalized spacial score (nSPS) is 13.1. The Bertz CT molecular complexity index is 1100. The maximum Gasteiger partial charge on any atom is 0.354 e. The van der Waals surface area contributed by atoms with Gasteiger partial charge in [0.25, 0.3) is 0 Å². The second-order valence-electron chi connectivity index (χ2n) is 14.4. The summed E-state index contributed by atoms with van der Waals surface area (Å²) in [5.41, 5.74) is 2.45. The summed E-state index contributed by atoms with van der Waals surface area (Å²) in [6.45, 7) is 25.2. The molecule has 1 heterocycles. The van der Waals surface area contributed by atoms with Gasteiger partial charge in [0.15, 0.2) is 16.6 Å². The van der Waals surface area contributed by atoms with Gasteiger partial charge in [0.1, 0.15) is 11.4 Å². The van der Waals surface area contributed by atoms with E-state index in [1.165, 1.54) is 7.11 Å². The number of aromatic amines is 1. The largest absolute Gasteiger partial charge is 0.491 e. The van der Waals surface area contributed by atoms with Crippen molar-refractivity contribution in [3.8, 4) is 5.75 Å². The van der Waals surface area contributed by atoms with E-state index in [0.717, 1.165) is 86.8 Å². The van der Waals surface area contributed by atoms with Crippen molar-refractivity contribution in [1.29, 1.82) is 0 Å². The fraction of sp³-hybridized carbons (Fsp3) is 0.727. The van der Waals surface area contributed by atoms with Crippen molar-refractivity contribution in [3.05, 3.63) is 29.5 Å². The zero-order valence-electron chi connectivity index (χ0n) is 28.1. The number of aryl methyl sites for hydroxylation is 1. The van der Waals surface area contributed by atoms with E-state index in [1.54, 1.807) is 0 Å². The topological polar surface area (TPSA) is 69.8 Å². The Labute approximate surface area is 252 Å². The first-order chi connectivity index (χ1) is 19.0. The number of methoxy groups -OCH3 is 1.